The van der Waals surface area contributed by atoms with E-state index in [1.165, 1.54) is 37.6 Å². The lowest BCUT2D eigenvalue weighted by Crippen LogP contribution is -2.32. The highest BCUT2D eigenvalue weighted by Crippen LogP contribution is 2.33. The summed E-state index contributed by atoms with van der Waals surface area (Å²) in [6.45, 7) is 3.19. The molecule has 2 rings (SSSR count). The van der Waals surface area contributed by atoms with Crippen molar-refractivity contribution in [1.82, 2.24) is 5.32 Å². The second kappa shape index (κ2) is 6.90. The van der Waals surface area contributed by atoms with Crippen LogP contribution in [0.2, 0.25) is 5.02 Å². The number of fused-ring (bicyclic) bond motifs is 1. The molecule has 0 unspecified atom stereocenters. The molecule has 0 amide bonds. The molecule has 98 valence electrons. The van der Waals surface area contributed by atoms with Crippen LogP contribution in [-0.2, 0) is 0 Å². The van der Waals surface area contributed by atoms with Crippen molar-refractivity contribution in [2.24, 2.45) is 4.40 Å². The summed E-state index contributed by atoms with van der Waals surface area (Å²) in [7, 11) is 0. The highest BCUT2D eigenvalue weighted by atomic mass is 35.5. The lowest BCUT2D eigenvalue weighted by atomic mass is 10.2. The fourth-order valence-corrected chi connectivity index (χ4v) is 2.69. The van der Waals surface area contributed by atoms with Crippen molar-refractivity contribution in [3.63, 3.8) is 0 Å². The van der Waals surface area contributed by atoms with Gasteiger partial charge in [-0.3, -0.25) is 0 Å². The molecule has 0 saturated carbocycles. The minimum absolute atomic E-state index is 0.745. The maximum Gasteiger partial charge on any atom is 0.207 e. The lowest BCUT2D eigenvalue weighted by Gasteiger charge is -2.18. The minimum Gasteiger partial charge on any atom is -0.355 e. The molecule has 0 spiro atoms. The van der Waals surface area contributed by atoms with Crippen molar-refractivity contribution >= 4 is 35.2 Å². The Kier molecular flexibility index (Phi) is 5.20. The Morgan fingerprint density at radius 1 is 1.33 bits per heavy atom. The van der Waals surface area contributed by atoms with Crippen LogP contribution >= 0.6 is 23.5 Å². The molecule has 1 aromatic rings. The van der Waals surface area contributed by atoms with Gasteiger partial charge in [-0.25, -0.2) is 0 Å². The van der Waals surface area contributed by atoms with Gasteiger partial charge in [0.1, 0.15) is 0 Å². The molecule has 1 heterocycles. The van der Waals surface area contributed by atoms with E-state index in [1.807, 2.05) is 18.2 Å². The molecule has 1 aromatic carbocycles. The van der Waals surface area contributed by atoms with Crippen LogP contribution in [0.25, 0.3) is 0 Å². The number of unbranched alkanes of at least 4 members (excludes halogenated alkanes) is 3. The van der Waals surface area contributed by atoms with Crippen LogP contribution in [0.3, 0.4) is 0 Å². The number of guanidine groups is 1. The molecule has 3 nitrogen and oxygen atoms in total. The number of nitrogens with zero attached hydrogens (tertiary/aromatic N) is 1. The molecule has 1 aliphatic heterocycles. The van der Waals surface area contributed by atoms with Crippen molar-refractivity contribution in [3.05, 3.63) is 23.2 Å². The number of anilines is 1. The Labute approximate surface area is 118 Å². The van der Waals surface area contributed by atoms with E-state index in [2.05, 4.69) is 22.0 Å². The van der Waals surface area contributed by atoms with Gasteiger partial charge in [0.25, 0.3) is 0 Å². The van der Waals surface area contributed by atoms with Crippen LogP contribution in [0.5, 0.6) is 0 Å². The Hall–Kier alpha value is -0.870. The van der Waals surface area contributed by atoms with E-state index < -0.39 is 0 Å². The maximum absolute atomic E-state index is 5.94. The number of benzene rings is 1. The molecule has 0 aromatic heterocycles. The van der Waals surface area contributed by atoms with Gasteiger partial charge in [0.15, 0.2) is 0 Å². The van der Waals surface area contributed by atoms with E-state index in [-0.39, 0.29) is 0 Å². The standard InChI is InChI=1S/C13H18ClN3S/c1-2-3-4-5-8-15-13-16-11-7-6-10(14)9-12(11)18-17-13/h6-7,9H,2-5,8H2,1H3,(H2,15,16,17). The van der Waals surface area contributed by atoms with Crippen molar-refractivity contribution < 1.29 is 0 Å². The number of nitrogens with one attached hydrogen (secondary N) is 2. The molecule has 0 atom stereocenters. The average molecular weight is 284 g/mol. The smallest absolute Gasteiger partial charge is 0.207 e. The van der Waals surface area contributed by atoms with Crippen LogP contribution in [0.1, 0.15) is 32.6 Å². The molecular weight excluding hydrogens is 266 g/mol. The maximum atomic E-state index is 5.94. The quantitative estimate of drug-likeness (QED) is 0.625. The summed E-state index contributed by atoms with van der Waals surface area (Å²) in [5.41, 5.74) is 1.07. The van der Waals surface area contributed by atoms with Gasteiger partial charge in [-0.2, -0.15) is 4.40 Å². The average Bonchev–Trinajstić information content (AvgIpc) is 2.38. The fourth-order valence-electron chi connectivity index (χ4n) is 1.76. The van der Waals surface area contributed by atoms with Gasteiger partial charge in [-0.15, -0.1) is 0 Å². The summed E-state index contributed by atoms with van der Waals surface area (Å²) in [5, 5.41) is 7.34. The Morgan fingerprint density at radius 3 is 3.06 bits per heavy atom. The van der Waals surface area contributed by atoms with E-state index in [0.717, 1.165) is 28.1 Å². The molecule has 5 heteroatoms. The molecule has 2 N–H and O–H groups in total. The monoisotopic (exact) mass is 283 g/mol. The van der Waals surface area contributed by atoms with E-state index in [9.17, 15) is 0 Å². The second-order valence-electron chi connectivity index (χ2n) is 4.28. The summed E-state index contributed by atoms with van der Waals surface area (Å²) < 4.78 is 4.38. The summed E-state index contributed by atoms with van der Waals surface area (Å²) in [5.74, 6) is 0.839. The predicted octanol–water partition coefficient (Wildman–Crippen LogP) is 4.30. The number of rotatable bonds is 5. The van der Waals surface area contributed by atoms with E-state index in [1.54, 1.807) is 0 Å². The van der Waals surface area contributed by atoms with Crippen molar-refractivity contribution in [3.8, 4) is 0 Å². The Morgan fingerprint density at radius 2 is 2.22 bits per heavy atom. The van der Waals surface area contributed by atoms with Gasteiger partial charge in [0.05, 0.1) is 10.6 Å². The van der Waals surface area contributed by atoms with Crippen molar-refractivity contribution in [1.29, 1.82) is 0 Å². The first-order valence-corrected chi connectivity index (χ1v) is 7.50. The van der Waals surface area contributed by atoms with Crippen LogP contribution in [0.4, 0.5) is 5.69 Å². The molecule has 1 aliphatic rings. The third-order valence-corrected chi connectivity index (χ3v) is 3.80. The Balaban J connectivity index is 1.80. The van der Waals surface area contributed by atoms with Crippen LogP contribution in [0.15, 0.2) is 27.5 Å². The van der Waals surface area contributed by atoms with E-state index in [4.69, 9.17) is 11.6 Å². The first-order chi connectivity index (χ1) is 8.79. The van der Waals surface area contributed by atoms with Crippen molar-refractivity contribution in [2.45, 2.75) is 37.5 Å². The van der Waals surface area contributed by atoms with Gasteiger partial charge < -0.3 is 10.6 Å². The van der Waals surface area contributed by atoms with Gasteiger partial charge in [-0.1, -0.05) is 37.8 Å². The fraction of sp³-hybridized carbons (Fsp3) is 0.462. The van der Waals surface area contributed by atoms with E-state index in [0.29, 0.717) is 0 Å². The molecule has 0 saturated heterocycles. The summed E-state index contributed by atoms with van der Waals surface area (Å²) in [4.78, 5) is 1.07. The first kappa shape index (κ1) is 13.6. The van der Waals surface area contributed by atoms with Crippen molar-refractivity contribution in [2.75, 3.05) is 11.9 Å². The molecule has 0 bridgehead atoms. The molecule has 0 fully saturated rings. The van der Waals surface area contributed by atoms with Crippen LogP contribution in [0, 0.1) is 0 Å². The number of hydrogen-bond acceptors (Lipinski definition) is 4. The Bertz CT molecular complexity index is 434. The molecule has 0 aliphatic carbocycles. The third-order valence-electron chi connectivity index (χ3n) is 2.75. The predicted molar refractivity (Wildman–Crippen MR) is 80.5 cm³/mol. The van der Waals surface area contributed by atoms with Gasteiger partial charge in [-0.05, 0) is 24.6 Å². The van der Waals surface area contributed by atoms with Crippen LogP contribution in [-0.4, -0.2) is 12.5 Å². The normalized spacial score (nSPS) is 13.6. The summed E-state index contributed by atoms with van der Waals surface area (Å²) in [6.07, 6.45) is 5.03. The molecular formula is C13H18ClN3S. The number of hydrogen-bond donors (Lipinski definition) is 2. The van der Waals surface area contributed by atoms with Gasteiger partial charge in [0.2, 0.25) is 5.96 Å². The molecule has 0 radical (unpaired) electrons. The first-order valence-electron chi connectivity index (χ1n) is 6.35. The zero-order chi connectivity index (χ0) is 12.8. The number of halogens is 1. The summed E-state index contributed by atoms with van der Waals surface area (Å²) in [6, 6.07) is 5.80. The lowest BCUT2D eigenvalue weighted by molar-refractivity contribution is 0.654. The topological polar surface area (TPSA) is 36.4 Å². The summed E-state index contributed by atoms with van der Waals surface area (Å²) >= 11 is 7.40. The zero-order valence-electron chi connectivity index (χ0n) is 10.5. The van der Waals surface area contributed by atoms with Gasteiger partial charge in [0, 0.05) is 23.5 Å². The highest BCUT2D eigenvalue weighted by molar-refractivity contribution is 7.98. The zero-order valence-corrected chi connectivity index (χ0v) is 12.1. The molecule has 18 heavy (non-hydrogen) atoms. The van der Waals surface area contributed by atoms with E-state index >= 15 is 0 Å². The van der Waals surface area contributed by atoms with Crippen LogP contribution < -0.4 is 10.6 Å². The largest absolute Gasteiger partial charge is 0.355 e. The third kappa shape index (κ3) is 3.82. The SMILES string of the molecule is CCCCCCNC1=NSc2cc(Cl)ccc2N1. The van der Waals surface area contributed by atoms with Gasteiger partial charge >= 0.3 is 0 Å². The minimum atomic E-state index is 0.745. The second-order valence-corrected chi connectivity index (χ2v) is 5.53. The highest BCUT2D eigenvalue weighted by Gasteiger charge is 2.12.